The molecule has 1 aromatic heterocycles. The minimum atomic E-state index is -3.54. The van der Waals surface area contributed by atoms with Crippen LogP contribution in [-0.2, 0) is 23.1 Å². The van der Waals surface area contributed by atoms with E-state index < -0.39 is 21.2 Å². The average Bonchev–Trinajstić information content (AvgIpc) is 3.34. The van der Waals surface area contributed by atoms with Crippen LogP contribution in [-0.4, -0.2) is 59.7 Å². The van der Waals surface area contributed by atoms with Crippen LogP contribution in [0.1, 0.15) is 63.0 Å². The Hall–Kier alpha value is -3.57. The van der Waals surface area contributed by atoms with Crippen molar-refractivity contribution in [3.63, 3.8) is 0 Å². The quantitative estimate of drug-likeness (QED) is 0.517. The summed E-state index contributed by atoms with van der Waals surface area (Å²) < 4.78 is 33.3. The van der Waals surface area contributed by atoms with Crippen molar-refractivity contribution in [3.05, 3.63) is 83.0 Å². The van der Waals surface area contributed by atoms with Crippen molar-refractivity contribution in [2.75, 3.05) is 14.1 Å². The molecule has 1 aliphatic rings. The van der Waals surface area contributed by atoms with Crippen LogP contribution in [0.4, 0.5) is 0 Å². The van der Waals surface area contributed by atoms with Gasteiger partial charge in [0, 0.05) is 32.2 Å². The minimum absolute atomic E-state index is 0.00476. The highest BCUT2D eigenvalue weighted by atomic mass is 32.2. The van der Waals surface area contributed by atoms with Crippen molar-refractivity contribution < 1.29 is 22.5 Å². The number of sulfonamides is 1. The zero-order chi connectivity index (χ0) is 25.9. The first-order chi connectivity index (χ1) is 17.2. The Morgan fingerprint density at radius 2 is 1.78 bits per heavy atom. The van der Waals surface area contributed by atoms with Gasteiger partial charge in [-0.15, -0.1) is 0 Å². The lowest BCUT2D eigenvalue weighted by Crippen LogP contribution is -2.44. The molecule has 10 nitrogen and oxygen atoms in total. The molecule has 2 amide bonds. The molecule has 3 aromatic rings. The molecule has 0 radical (unpaired) electrons. The van der Waals surface area contributed by atoms with E-state index in [1.54, 1.807) is 42.7 Å². The van der Waals surface area contributed by atoms with Crippen LogP contribution < -0.4 is 5.32 Å². The van der Waals surface area contributed by atoms with E-state index in [4.69, 9.17) is 4.52 Å². The van der Waals surface area contributed by atoms with Crippen LogP contribution in [0.5, 0.6) is 0 Å². The van der Waals surface area contributed by atoms with Crippen LogP contribution >= 0.6 is 0 Å². The predicted octanol–water partition coefficient (Wildman–Crippen LogP) is 2.76. The molecule has 2 heterocycles. The maximum absolute atomic E-state index is 13.4. The second-order valence-electron chi connectivity index (χ2n) is 9.01. The molecule has 1 N–H and O–H groups in total. The van der Waals surface area contributed by atoms with Crippen molar-refractivity contribution in [1.82, 2.24) is 24.7 Å². The fraction of sp³-hybridized carbons (Fsp3) is 0.360. The Morgan fingerprint density at radius 3 is 2.44 bits per heavy atom. The Kier molecular flexibility index (Phi) is 7.51. The molecule has 0 spiro atoms. The summed E-state index contributed by atoms with van der Waals surface area (Å²) in [5.41, 5.74) is 2.01. The molecule has 1 unspecified atom stereocenters. The van der Waals surface area contributed by atoms with Crippen molar-refractivity contribution in [2.24, 2.45) is 0 Å². The van der Waals surface area contributed by atoms with Crippen LogP contribution in [0, 0.1) is 0 Å². The summed E-state index contributed by atoms with van der Waals surface area (Å²) in [4.78, 5) is 29.7. The Bertz CT molecular complexity index is 1320. The second kappa shape index (κ2) is 10.6. The minimum Gasteiger partial charge on any atom is -0.345 e. The predicted molar refractivity (Wildman–Crippen MR) is 132 cm³/mol. The molecule has 0 aliphatic carbocycles. The lowest BCUT2D eigenvalue weighted by atomic mass is 10.0. The van der Waals surface area contributed by atoms with Gasteiger partial charge in [-0.2, -0.15) is 9.29 Å². The third kappa shape index (κ3) is 5.47. The molecule has 2 atom stereocenters. The first-order valence-electron chi connectivity index (χ1n) is 11.6. The van der Waals surface area contributed by atoms with Crippen LogP contribution in [0.2, 0.25) is 0 Å². The average molecular weight is 512 g/mol. The Balaban J connectivity index is 1.39. The number of hydrogen-bond acceptors (Lipinski definition) is 7. The molecule has 190 valence electrons. The molecule has 2 aromatic carbocycles. The van der Waals surface area contributed by atoms with Gasteiger partial charge in [0.15, 0.2) is 5.82 Å². The van der Waals surface area contributed by atoms with E-state index in [0.717, 1.165) is 17.5 Å². The van der Waals surface area contributed by atoms with E-state index >= 15 is 0 Å². The number of aromatic nitrogens is 2. The van der Waals surface area contributed by atoms with Crippen molar-refractivity contribution in [3.8, 4) is 0 Å². The largest absolute Gasteiger partial charge is 0.345 e. The number of rotatable bonds is 7. The van der Waals surface area contributed by atoms with Gasteiger partial charge in [0.05, 0.1) is 6.54 Å². The number of benzene rings is 2. The van der Waals surface area contributed by atoms with Gasteiger partial charge in [-0.25, -0.2) is 8.42 Å². The molecule has 0 bridgehead atoms. The van der Waals surface area contributed by atoms with Gasteiger partial charge >= 0.3 is 11.8 Å². The third-order valence-corrected chi connectivity index (χ3v) is 8.58. The summed E-state index contributed by atoms with van der Waals surface area (Å²) in [6.45, 7) is 2.16. The number of nitrogens with zero attached hydrogens (tertiary/aromatic N) is 4. The van der Waals surface area contributed by atoms with Crippen molar-refractivity contribution in [2.45, 2.75) is 44.1 Å². The number of carbonyl (C=O) groups is 2. The molecule has 11 heteroatoms. The van der Waals surface area contributed by atoms with E-state index in [0.29, 0.717) is 12.0 Å². The second-order valence-corrected chi connectivity index (χ2v) is 11.1. The molecular formula is C25H29N5O5S. The molecule has 1 fully saturated rings. The molecule has 36 heavy (non-hydrogen) atoms. The third-order valence-electron chi connectivity index (χ3n) is 6.21. The van der Waals surface area contributed by atoms with E-state index in [9.17, 15) is 18.0 Å². The van der Waals surface area contributed by atoms with Gasteiger partial charge in [-0.05, 0) is 43.0 Å². The first-order valence-corrected chi connectivity index (χ1v) is 13.1. The topological polar surface area (TPSA) is 126 Å². The fourth-order valence-corrected chi connectivity index (χ4v) is 6.36. The highest BCUT2D eigenvalue weighted by molar-refractivity contribution is 7.89. The molecule has 4 rings (SSSR count). The number of nitrogens with one attached hydrogen (secondary N) is 1. The monoisotopic (exact) mass is 511 g/mol. The summed E-state index contributed by atoms with van der Waals surface area (Å²) in [5.74, 6) is -0.738. The van der Waals surface area contributed by atoms with Crippen molar-refractivity contribution in [1.29, 1.82) is 0 Å². The highest BCUT2D eigenvalue weighted by Crippen LogP contribution is 2.38. The first kappa shape index (κ1) is 25.5. The molecular weight excluding hydrogens is 482 g/mol. The summed E-state index contributed by atoms with van der Waals surface area (Å²) in [6.07, 6.45) is 1.37. The van der Waals surface area contributed by atoms with Gasteiger partial charge in [-0.3, -0.25) is 9.59 Å². The van der Waals surface area contributed by atoms with E-state index in [1.165, 1.54) is 4.90 Å². The van der Waals surface area contributed by atoms with E-state index in [1.807, 2.05) is 37.3 Å². The SMILES string of the molecule is C[C@H]1CCC(c2ccccc2)S(=O)(=O)N1Cc1ccc(C(=O)NCc2noc(C(=O)N(C)C)n2)cc1. The zero-order valence-corrected chi connectivity index (χ0v) is 21.2. The van der Waals surface area contributed by atoms with Gasteiger partial charge in [-0.1, -0.05) is 47.6 Å². The van der Waals surface area contributed by atoms with Crippen LogP contribution in [0.15, 0.2) is 59.1 Å². The number of amides is 2. The maximum Gasteiger partial charge on any atom is 0.316 e. The lowest BCUT2D eigenvalue weighted by molar-refractivity contribution is 0.0778. The fourth-order valence-electron chi connectivity index (χ4n) is 4.16. The number of hydrogen-bond donors (Lipinski definition) is 1. The van der Waals surface area contributed by atoms with Gasteiger partial charge < -0.3 is 14.7 Å². The van der Waals surface area contributed by atoms with E-state index in [-0.39, 0.29) is 36.8 Å². The van der Waals surface area contributed by atoms with Crippen molar-refractivity contribution >= 4 is 21.8 Å². The van der Waals surface area contributed by atoms with Gasteiger partial charge in [0.1, 0.15) is 5.25 Å². The summed E-state index contributed by atoms with van der Waals surface area (Å²) >= 11 is 0. The maximum atomic E-state index is 13.4. The van der Waals surface area contributed by atoms with Crippen LogP contribution in [0.3, 0.4) is 0 Å². The highest BCUT2D eigenvalue weighted by Gasteiger charge is 2.40. The normalized spacial score (nSPS) is 19.5. The summed E-state index contributed by atoms with van der Waals surface area (Å²) in [5, 5.41) is 5.83. The Morgan fingerprint density at radius 1 is 1.08 bits per heavy atom. The smallest absolute Gasteiger partial charge is 0.316 e. The van der Waals surface area contributed by atoms with E-state index in [2.05, 4.69) is 15.5 Å². The lowest BCUT2D eigenvalue weighted by Gasteiger charge is -2.37. The zero-order valence-electron chi connectivity index (χ0n) is 20.4. The number of carbonyl (C=O) groups excluding carboxylic acids is 2. The van der Waals surface area contributed by atoms with Crippen LogP contribution in [0.25, 0.3) is 0 Å². The molecule has 0 saturated carbocycles. The summed E-state index contributed by atoms with van der Waals surface area (Å²) in [6, 6.07) is 16.0. The molecule has 1 aliphatic heterocycles. The van der Waals surface area contributed by atoms with Gasteiger partial charge in [0.25, 0.3) is 5.91 Å². The van der Waals surface area contributed by atoms with Gasteiger partial charge in [0.2, 0.25) is 10.0 Å². The standard InChI is InChI=1S/C25H29N5O5S/c1-17-9-14-21(19-7-5-4-6-8-19)36(33,34)30(17)16-18-10-12-20(13-11-18)23(31)26-15-22-27-24(35-28-22)25(32)29(2)3/h4-8,10-13,17,21H,9,14-16H2,1-3H3,(H,26,31)/t17-,21?/m0/s1. The Labute approximate surface area is 210 Å². The molecule has 1 saturated heterocycles. The summed E-state index contributed by atoms with van der Waals surface area (Å²) in [7, 11) is -0.396.